The average Bonchev–Trinajstić information content (AvgIpc) is 3.62. The summed E-state index contributed by atoms with van der Waals surface area (Å²) in [5.41, 5.74) is 10.1. The Bertz CT molecular complexity index is 2330. The van der Waals surface area contributed by atoms with E-state index in [1.54, 1.807) is 0 Å². The second kappa shape index (κ2) is 10.9. The number of hydrogen-bond acceptors (Lipinski definition) is 1. The quantitative estimate of drug-likeness (QED) is 0.144. The highest BCUT2D eigenvalue weighted by atomic mass is 15.0. The van der Waals surface area contributed by atoms with Crippen LogP contribution < -0.4 is 0 Å². The standard InChI is InChI=1S/C41H30N4/c1-28(29-19-23-31(24-20-29)44-37-15-7-3-11-33(37)34-12-4-8-16-38(34)44)27-43-41(42-2)30-21-25-32(26-22-30)45-39-17-9-5-13-35(39)36-14-6-10-18-40(36)45/h3-27H,2H2,1H3/b28-27+,43-41?. The lowest BCUT2D eigenvalue weighted by molar-refractivity contribution is 1.18. The Morgan fingerprint density at radius 2 is 0.844 bits per heavy atom. The van der Waals surface area contributed by atoms with Gasteiger partial charge in [-0.2, -0.15) is 0 Å². The van der Waals surface area contributed by atoms with Crippen molar-refractivity contribution < 1.29 is 0 Å². The maximum Gasteiger partial charge on any atom is 0.158 e. The molecule has 0 fully saturated rings. The number of rotatable bonds is 5. The lowest BCUT2D eigenvalue weighted by Crippen LogP contribution is -1.98. The molecule has 0 radical (unpaired) electrons. The van der Waals surface area contributed by atoms with Crippen molar-refractivity contribution in [1.29, 1.82) is 0 Å². The van der Waals surface area contributed by atoms with Crippen LogP contribution in [-0.2, 0) is 0 Å². The van der Waals surface area contributed by atoms with Gasteiger partial charge < -0.3 is 9.13 Å². The molecule has 2 aromatic heterocycles. The predicted octanol–water partition coefficient (Wildman–Crippen LogP) is 10.4. The van der Waals surface area contributed by atoms with Gasteiger partial charge in [-0.05, 0) is 85.4 Å². The van der Waals surface area contributed by atoms with Gasteiger partial charge in [0.15, 0.2) is 5.84 Å². The minimum Gasteiger partial charge on any atom is -0.309 e. The minimum atomic E-state index is 0.588. The SMILES string of the molecule is C=NC(=N/C=C(\C)c1ccc(-n2c3ccccc3c3ccccc32)cc1)c1ccc(-n2c3ccccc3c3ccccc32)cc1. The van der Waals surface area contributed by atoms with Gasteiger partial charge >= 0.3 is 0 Å². The highest BCUT2D eigenvalue weighted by Gasteiger charge is 2.13. The summed E-state index contributed by atoms with van der Waals surface area (Å²) >= 11 is 0. The molecule has 0 spiro atoms. The second-order valence-electron chi connectivity index (χ2n) is 11.3. The monoisotopic (exact) mass is 578 g/mol. The molecular formula is C41H30N4. The zero-order chi connectivity index (χ0) is 30.3. The number of hydrogen-bond donors (Lipinski definition) is 0. The average molecular weight is 579 g/mol. The molecule has 4 heteroatoms. The van der Waals surface area contributed by atoms with Gasteiger partial charge in [-0.25, -0.2) is 9.98 Å². The van der Waals surface area contributed by atoms with Crippen LogP contribution in [0.2, 0.25) is 0 Å². The largest absolute Gasteiger partial charge is 0.309 e. The number of aromatic nitrogens is 2. The van der Waals surface area contributed by atoms with Gasteiger partial charge in [0.2, 0.25) is 0 Å². The van der Waals surface area contributed by atoms with Gasteiger partial charge in [-0.15, -0.1) is 0 Å². The zero-order valence-corrected chi connectivity index (χ0v) is 24.9. The number of nitrogens with zero attached hydrogens (tertiary/aromatic N) is 4. The van der Waals surface area contributed by atoms with Gasteiger partial charge in [0.1, 0.15) is 0 Å². The molecule has 45 heavy (non-hydrogen) atoms. The number of amidine groups is 1. The molecule has 0 aliphatic heterocycles. The van der Waals surface area contributed by atoms with Crippen molar-refractivity contribution in [3.05, 3.63) is 163 Å². The molecule has 0 saturated heterocycles. The van der Waals surface area contributed by atoms with E-state index in [1.807, 2.05) is 6.20 Å². The molecule has 2 heterocycles. The van der Waals surface area contributed by atoms with Crippen LogP contribution in [0.3, 0.4) is 0 Å². The molecule has 0 aliphatic rings. The third-order valence-corrected chi connectivity index (χ3v) is 8.65. The van der Waals surface area contributed by atoms with Crippen molar-refractivity contribution in [1.82, 2.24) is 9.13 Å². The van der Waals surface area contributed by atoms with Crippen LogP contribution in [0, 0.1) is 0 Å². The maximum absolute atomic E-state index is 4.75. The first-order chi connectivity index (χ1) is 22.2. The van der Waals surface area contributed by atoms with E-state index in [0.717, 1.165) is 28.1 Å². The Kier molecular flexibility index (Phi) is 6.46. The van der Waals surface area contributed by atoms with Crippen LogP contribution in [0.15, 0.2) is 162 Å². The fourth-order valence-electron chi connectivity index (χ4n) is 6.47. The molecule has 8 rings (SSSR count). The van der Waals surface area contributed by atoms with E-state index in [4.69, 9.17) is 4.99 Å². The van der Waals surface area contributed by atoms with E-state index in [0.29, 0.717) is 5.84 Å². The molecule has 4 nitrogen and oxygen atoms in total. The molecule has 6 aromatic carbocycles. The fourth-order valence-corrected chi connectivity index (χ4v) is 6.47. The molecule has 0 unspecified atom stereocenters. The van der Waals surface area contributed by atoms with E-state index in [2.05, 4.69) is 173 Å². The number of fused-ring (bicyclic) bond motifs is 6. The zero-order valence-electron chi connectivity index (χ0n) is 24.9. The Morgan fingerprint density at radius 3 is 1.22 bits per heavy atom. The smallest absolute Gasteiger partial charge is 0.158 e. The third kappa shape index (κ3) is 4.47. The van der Waals surface area contributed by atoms with Gasteiger partial charge in [0.05, 0.1) is 22.1 Å². The third-order valence-electron chi connectivity index (χ3n) is 8.65. The topological polar surface area (TPSA) is 34.6 Å². The molecule has 8 aromatic rings. The number of allylic oxidation sites excluding steroid dienone is 1. The summed E-state index contributed by atoms with van der Waals surface area (Å²) in [5.74, 6) is 0.588. The first-order valence-corrected chi connectivity index (χ1v) is 15.1. The van der Waals surface area contributed by atoms with Crippen LogP contribution in [0.5, 0.6) is 0 Å². The molecule has 0 aliphatic carbocycles. The van der Waals surface area contributed by atoms with Crippen molar-refractivity contribution in [3.63, 3.8) is 0 Å². The highest BCUT2D eigenvalue weighted by molar-refractivity contribution is 6.10. The molecule has 214 valence electrons. The Morgan fingerprint density at radius 1 is 0.489 bits per heavy atom. The summed E-state index contributed by atoms with van der Waals surface area (Å²) in [5, 5.41) is 5.01. The predicted molar refractivity (Wildman–Crippen MR) is 191 cm³/mol. The number of para-hydroxylation sites is 4. The maximum atomic E-state index is 4.75. The van der Waals surface area contributed by atoms with Crippen LogP contribution in [0.1, 0.15) is 18.1 Å². The first kappa shape index (κ1) is 26.6. The summed E-state index contributed by atoms with van der Waals surface area (Å²) in [6, 6.07) is 51.3. The Hall–Kier alpha value is -6.00. The van der Waals surface area contributed by atoms with E-state index >= 15 is 0 Å². The van der Waals surface area contributed by atoms with E-state index in [1.165, 1.54) is 43.6 Å². The van der Waals surface area contributed by atoms with Gasteiger partial charge in [0, 0.05) is 44.7 Å². The summed E-state index contributed by atoms with van der Waals surface area (Å²) in [6.45, 7) is 5.89. The van der Waals surface area contributed by atoms with Crippen molar-refractivity contribution >= 4 is 61.7 Å². The number of benzene rings is 6. The number of aliphatic imine (C=N–C) groups is 2. The summed E-state index contributed by atoms with van der Waals surface area (Å²) < 4.78 is 4.63. The Balaban J connectivity index is 1.09. The van der Waals surface area contributed by atoms with E-state index < -0.39 is 0 Å². The lowest BCUT2D eigenvalue weighted by Gasteiger charge is -2.10. The normalized spacial score (nSPS) is 12.5. The summed E-state index contributed by atoms with van der Waals surface area (Å²) in [7, 11) is 0. The molecule has 0 atom stereocenters. The Labute approximate surface area is 261 Å². The van der Waals surface area contributed by atoms with Gasteiger partial charge in [0.25, 0.3) is 0 Å². The van der Waals surface area contributed by atoms with Crippen molar-refractivity contribution in [2.24, 2.45) is 9.98 Å². The van der Waals surface area contributed by atoms with Crippen molar-refractivity contribution in [2.75, 3.05) is 0 Å². The van der Waals surface area contributed by atoms with Crippen molar-refractivity contribution in [3.8, 4) is 11.4 Å². The van der Waals surface area contributed by atoms with Gasteiger partial charge in [-0.1, -0.05) is 84.9 Å². The molecule has 0 amide bonds. The molecule has 0 saturated carbocycles. The minimum absolute atomic E-state index is 0.588. The second-order valence-corrected chi connectivity index (χ2v) is 11.3. The summed E-state index contributed by atoms with van der Waals surface area (Å²) in [6.07, 6.45) is 1.88. The van der Waals surface area contributed by atoms with E-state index in [-0.39, 0.29) is 0 Å². The van der Waals surface area contributed by atoms with Crippen LogP contribution in [0.25, 0.3) is 60.6 Å². The fraction of sp³-hybridized carbons (Fsp3) is 0.0244. The van der Waals surface area contributed by atoms with Crippen LogP contribution in [0.4, 0.5) is 0 Å². The van der Waals surface area contributed by atoms with Gasteiger partial charge in [-0.3, -0.25) is 0 Å². The lowest BCUT2D eigenvalue weighted by atomic mass is 10.1. The highest BCUT2D eigenvalue weighted by Crippen LogP contribution is 2.33. The molecule has 0 bridgehead atoms. The summed E-state index contributed by atoms with van der Waals surface area (Å²) in [4.78, 5) is 9.02. The molecule has 0 N–H and O–H groups in total. The molecular weight excluding hydrogens is 548 g/mol. The van der Waals surface area contributed by atoms with E-state index in [9.17, 15) is 0 Å². The first-order valence-electron chi connectivity index (χ1n) is 15.1. The van der Waals surface area contributed by atoms with Crippen LogP contribution >= 0.6 is 0 Å². The van der Waals surface area contributed by atoms with Crippen molar-refractivity contribution in [2.45, 2.75) is 6.92 Å². The van der Waals surface area contributed by atoms with Crippen LogP contribution in [-0.4, -0.2) is 21.7 Å².